The van der Waals surface area contributed by atoms with E-state index in [4.69, 9.17) is 14.5 Å². The number of allylic oxidation sites excluding steroid dienone is 1. The predicted molar refractivity (Wildman–Crippen MR) is 102 cm³/mol. The second kappa shape index (κ2) is 8.54. The van der Waals surface area contributed by atoms with Crippen molar-refractivity contribution in [2.75, 3.05) is 13.7 Å². The third-order valence-corrected chi connectivity index (χ3v) is 4.40. The molecule has 0 fully saturated rings. The van der Waals surface area contributed by atoms with Gasteiger partial charge in [0.2, 0.25) is 0 Å². The van der Waals surface area contributed by atoms with Crippen molar-refractivity contribution in [2.45, 2.75) is 13.3 Å². The molecule has 28 heavy (non-hydrogen) atoms. The molecule has 0 aliphatic carbocycles. The van der Waals surface area contributed by atoms with Crippen LogP contribution >= 0.6 is 0 Å². The van der Waals surface area contributed by atoms with Gasteiger partial charge in [-0.05, 0) is 42.3 Å². The second-order valence-corrected chi connectivity index (χ2v) is 6.27. The van der Waals surface area contributed by atoms with E-state index in [1.807, 2.05) is 37.3 Å². The Labute approximate surface area is 162 Å². The standard InChI is InChI=1S/C22H20O6/c1-14-12-16(8-9-18(14)26-2)21(23)17(13-15-6-4-3-5-7-15)20(22(24)25)19-10-11-27-28-19/h3-10,12H,11,13H2,1-2H3,(H,24,25). The lowest BCUT2D eigenvalue weighted by molar-refractivity contribution is -0.231. The highest BCUT2D eigenvalue weighted by atomic mass is 17.2. The number of hydrogen-bond donors (Lipinski definition) is 1. The summed E-state index contributed by atoms with van der Waals surface area (Å²) in [7, 11) is 1.55. The SMILES string of the molecule is COc1ccc(C(=O)C(Cc2ccccc2)=C(C(=O)O)C2=CCOO2)cc1C. The molecular weight excluding hydrogens is 360 g/mol. The summed E-state index contributed by atoms with van der Waals surface area (Å²) in [5.41, 5.74) is 1.90. The first-order valence-corrected chi connectivity index (χ1v) is 8.71. The molecule has 2 aromatic rings. The topological polar surface area (TPSA) is 82.1 Å². The lowest BCUT2D eigenvalue weighted by Gasteiger charge is -2.13. The zero-order chi connectivity index (χ0) is 20.1. The van der Waals surface area contributed by atoms with Crippen LogP contribution in [0.25, 0.3) is 0 Å². The van der Waals surface area contributed by atoms with E-state index < -0.39 is 5.97 Å². The number of carbonyl (C=O) groups excluding carboxylic acids is 1. The van der Waals surface area contributed by atoms with Gasteiger partial charge in [-0.25, -0.2) is 4.79 Å². The molecule has 1 aliphatic rings. The van der Waals surface area contributed by atoms with Gasteiger partial charge in [-0.15, -0.1) is 0 Å². The molecule has 6 nitrogen and oxygen atoms in total. The third-order valence-electron chi connectivity index (χ3n) is 4.40. The van der Waals surface area contributed by atoms with Gasteiger partial charge in [0.1, 0.15) is 17.9 Å². The second-order valence-electron chi connectivity index (χ2n) is 6.27. The highest BCUT2D eigenvalue weighted by Gasteiger charge is 2.28. The number of rotatable bonds is 7. The Hall–Kier alpha value is -3.38. The van der Waals surface area contributed by atoms with Crippen molar-refractivity contribution < 1.29 is 29.2 Å². The van der Waals surface area contributed by atoms with Gasteiger partial charge in [0, 0.05) is 17.6 Å². The Balaban J connectivity index is 2.12. The summed E-state index contributed by atoms with van der Waals surface area (Å²) in [6.45, 7) is 1.95. The predicted octanol–water partition coefficient (Wildman–Crippen LogP) is 3.66. The monoisotopic (exact) mass is 380 g/mol. The first-order chi connectivity index (χ1) is 13.5. The number of aliphatic carboxylic acids is 1. The lowest BCUT2D eigenvalue weighted by Crippen LogP contribution is -2.16. The van der Waals surface area contributed by atoms with Crippen molar-refractivity contribution in [1.82, 2.24) is 0 Å². The Bertz CT molecular complexity index is 956. The summed E-state index contributed by atoms with van der Waals surface area (Å²) in [4.78, 5) is 35.1. The first kappa shape index (κ1) is 19.4. The van der Waals surface area contributed by atoms with E-state index >= 15 is 0 Å². The van der Waals surface area contributed by atoms with Gasteiger partial charge in [-0.3, -0.25) is 4.79 Å². The highest BCUT2D eigenvalue weighted by Crippen LogP contribution is 2.27. The minimum atomic E-state index is -1.25. The molecule has 0 bridgehead atoms. The summed E-state index contributed by atoms with van der Waals surface area (Å²) < 4.78 is 5.24. The van der Waals surface area contributed by atoms with Crippen molar-refractivity contribution >= 4 is 11.8 Å². The van der Waals surface area contributed by atoms with Crippen LogP contribution in [-0.2, 0) is 21.0 Å². The number of Topliss-reactive ketones (excluding diaryl/α,β-unsaturated/α-hetero) is 1. The molecule has 3 rings (SSSR count). The van der Waals surface area contributed by atoms with Crippen LogP contribution in [0.4, 0.5) is 0 Å². The number of methoxy groups -OCH3 is 1. The van der Waals surface area contributed by atoms with Crippen LogP contribution in [0.1, 0.15) is 21.5 Å². The van der Waals surface area contributed by atoms with Gasteiger partial charge in [-0.1, -0.05) is 30.3 Å². The number of ether oxygens (including phenoxy) is 1. The molecule has 1 heterocycles. The smallest absolute Gasteiger partial charge is 0.340 e. The van der Waals surface area contributed by atoms with Crippen molar-refractivity contribution in [1.29, 1.82) is 0 Å². The Kier molecular flexibility index (Phi) is 5.91. The molecule has 0 unspecified atom stereocenters. The number of ketones is 1. The summed E-state index contributed by atoms with van der Waals surface area (Å²) >= 11 is 0. The number of aryl methyl sites for hydroxylation is 1. The molecule has 0 spiro atoms. The number of carboxylic acids is 1. The Morgan fingerprint density at radius 1 is 1.14 bits per heavy atom. The molecule has 1 aliphatic heterocycles. The average Bonchev–Trinajstić information content (AvgIpc) is 3.21. The largest absolute Gasteiger partial charge is 0.496 e. The number of benzene rings is 2. The molecule has 0 saturated heterocycles. The number of carboxylic acid groups (broad SMARTS) is 1. The molecule has 0 aromatic heterocycles. The molecule has 0 amide bonds. The van der Waals surface area contributed by atoms with Crippen molar-refractivity contribution in [2.24, 2.45) is 0 Å². The molecule has 6 heteroatoms. The van der Waals surface area contributed by atoms with Crippen LogP contribution in [0.2, 0.25) is 0 Å². The third kappa shape index (κ3) is 4.13. The number of hydrogen-bond acceptors (Lipinski definition) is 5. The lowest BCUT2D eigenvalue weighted by atomic mass is 9.91. The van der Waals surface area contributed by atoms with Gasteiger partial charge in [0.05, 0.1) is 7.11 Å². The van der Waals surface area contributed by atoms with Crippen LogP contribution in [0, 0.1) is 6.92 Å². The van der Waals surface area contributed by atoms with Gasteiger partial charge in [0.25, 0.3) is 0 Å². The zero-order valence-corrected chi connectivity index (χ0v) is 15.6. The maximum atomic E-state index is 13.3. The van der Waals surface area contributed by atoms with Crippen molar-refractivity contribution in [3.05, 3.63) is 88.2 Å². The molecule has 0 radical (unpaired) electrons. The summed E-state index contributed by atoms with van der Waals surface area (Å²) in [6.07, 6.45) is 1.65. The summed E-state index contributed by atoms with van der Waals surface area (Å²) in [5, 5.41) is 9.81. The summed E-state index contributed by atoms with van der Waals surface area (Å²) in [5.74, 6) is -0.944. The van der Waals surface area contributed by atoms with Crippen molar-refractivity contribution in [3.8, 4) is 5.75 Å². The van der Waals surface area contributed by atoms with E-state index in [0.717, 1.165) is 11.1 Å². The van der Waals surface area contributed by atoms with E-state index in [2.05, 4.69) is 0 Å². The summed E-state index contributed by atoms with van der Waals surface area (Å²) in [6, 6.07) is 14.2. The maximum absolute atomic E-state index is 13.3. The van der Waals surface area contributed by atoms with Gasteiger partial charge in [0.15, 0.2) is 11.5 Å². The van der Waals surface area contributed by atoms with E-state index in [-0.39, 0.29) is 35.7 Å². The number of carbonyl (C=O) groups is 2. The molecule has 1 N–H and O–H groups in total. The van der Waals surface area contributed by atoms with Gasteiger partial charge < -0.3 is 14.7 Å². The Morgan fingerprint density at radius 3 is 2.46 bits per heavy atom. The van der Waals surface area contributed by atoms with E-state index in [1.165, 1.54) is 6.08 Å². The average molecular weight is 380 g/mol. The quantitative estimate of drug-likeness (QED) is 0.448. The van der Waals surface area contributed by atoms with Gasteiger partial charge in [-0.2, -0.15) is 4.89 Å². The fourth-order valence-corrected chi connectivity index (χ4v) is 3.04. The maximum Gasteiger partial charge on any atom is 0.340 e. The molecule has 2 aromatic carbocycles. The normalized spacial score (nSPS) is 14.0. The van der Waals surface area contributed by atoms with E-state index in [0.29, 0.717) is 11.3 Å². The fourth-order valence-electron chi connectivity index (χ4n) is 3.04. The minimum absolute atomic E-state index is 0.0389. The van der Waals surface area contributed by atoms with Crippen molar-refractivity contribution in [3.63, 3.8) is 0 Å². The van der Waals surface area contributed by atoms with E-state index in [9.17, 15) is 14.7 Å². The van der Waals surface area contributed by atoms with Gasteiger partial charge >= 0.3 is 5.97 Å². The molecule has 0 atom stereocenters. The van der Waals surface area contributed by atoms with Crippen LogP contribution in [0.15, 0.2) is 71.5 Å². The van der Waals surface area contributed by atoms with Crippen LogP contribution in [0.3, 0.4) is 0 Å². The minimum Gasteiger partial charge on any atom is -0.496 e. The van der Waals surface area contributed by atoms with E-state index in [1.54, 1.807) is 25.3 Å². The molecule has 144 valence electrons. The highest BCUT2D eigenvalue weighted by molar-refractivity contribution is 6.14. The van der Waals surface area contributed by atoms with Crippen LogP contribution in [0.5, 0.6) is 5.75 Å². The first-order valence-electron chi connectivity index (χ1n) is 8.71. The Morgan fingerprint density at radius 2 is 1.89 bits per heavy atom. The van der Waals surface area contributed by atoms with Crippen LogP contribution < -0.4 is 4.74 Å². The zero-order valence-electron chi connectivity index (χ0n) is 15.6. The molecule has 0 saturated carbocycles. The molecular formula is C22H20O6. The van der Waals surface area contributed by atoms with Crippen LogP contribution in [-0.4, -0.2) is 30.6 Å². The fraction of sp³-hybridized carbons (Fsp3) is 0.182.